The van der Waals surface area contributed by atoms with Gasteiger partial charge in [-0.3, -0.25) is 9.89 Å². The van der Waals surface area contributed by atoms with E-state index >= 15 is 0 Å². The second kappa shape index (κ2) is 5.38. The Morgan fingerprint density at radius 3 is 2.80 bits per heavy atom. The molecule has 5 heteroatoms. The average Bonchev–Trinajstić information content (AvgIpc) is 2.65. The van der Waals surface area contributed by atoms with Crippen LogP contribution in [0.25, 0.3) is 0 Å². The molecular weight excluding hydrogens is 192 g/mol. The fourth-order valence-electron chi connectivity index (χ4n) is 1.39. The van der Waals surface area contributed by atoms with E-state index in [-0.39, 0.29) is 5.91 Å². The van der Waals surface area contributed by atoms with Crippen molar-refractivity contribution in [1.82, 2.24) is 15.1 Å². The first-order valence-electron chi connectivity index (χ1n) is 5.28. The second-order valence-electron chi connectivity index (χ2n) is 3.44. The molecule has 0 radical (unpaired) electrons. The number of amides is 1. The highest BCUT2D eigenvalue weighted by Crippen LogP contribution is 2.10. The minimum Gasteiger partial charge on any atom is -0.383 e. The topological polar surface area (TPSA) is 75.0 Å². The van der Waals surface area contributed by atoms with Gasteiger partial charge in [-0.2, -0.15) is 5.10 Å². The van der Waals surface area contributed by atoms with Crippen molar-refractivity contribution in [2.45, 2.75) is 26.7 Å². The number of H-pyrrole nitrogens is 1. The first kappa shape index (κ1) is 11.6. The van der Waals surface area contributed by atoms with Gasteiger partial charge in [-0.15, -0.1) is 0 Å². The number of carbonyl (C=O) groups is 1. The number of anilines is 1. The van der Waals surface area contributed by atoms with Crippen molar-refractivity contribution < 1.29 is 4.79 Å². The molecule has 1 aromatic heterocycles. The molecule has 0 saturated heterocycles. The Kier molecular flexibility index (Phi) is 4.15. The van der Waals surface area contributed by atoms with Gasteiger partial charge in [-0.1, -0.05) is 13.3 Å². The summed E-state index contributed by atoms with van der Waals surface area (Å²) >= 11 is 0. The molecule has 5 nitrogen and oxygen atoms in total. The molecule has 1 amide bonds. The van der Waals surface area contributed by atoms with E-state index in [9.17, 15) is 4.79 Å². The van der Waals surface area contributed by atoms with Crippen LogP contribution in [0.3, 0.4) is 0 Å². The molecule has 0 atom stereocenters. The first-order valence-corrected chi connectivity index (χ1v) is 5.28. The molecule has 0 saturated carbocycles. The zero-order valence-electron chi connectivity index (χ0n) is 9.29. The molecule has 0 aliphatic heterocycles. The fraction of sp³-hybridized carbons (Fsp3) is 0.600. The molecule has 3 N–H and O–H groups in total. The van der Waals surface area contributed by atoms with Gasteiger partial charge in [0.2, 0.25) is 0 Å². The van der Waals surface area contributed by atoms with Gasteiger partial charge in [-0.25, -0.2) is 0 Å². The van der Waals surface area contributed by atoms with E-state index in [0.717, 1.165) is 19.4 Å². The number of rotatable bonds is 5. The molecule has 0 aliphatic carbocycles. The first-order chi connectivity index (χ1) is 7.20. The summed E-state index contributed by atoms with van der Waals surface area (Å²) in [5.74, 6) is 0.298. The number of nitrogen functional groups attached to an aromatic ring is 1. The molecule has 1 rings (SSSR count). The van der Waals surface area contributed by atoms with Crippen LogP contribution in [0.15, 0.2) is 6.20 Å². The zero-order valence-corrected chi connectivity index (χ0v) is 9.29. The molecular formula is C10H18N4O. The lowest BCUT2D eigenvalue weighted by Gasteiger charge is -2.19. The summed E-state index contributed by atoms with van der Waals surface area (Å²) in [7, 11) is 0. The predicted octanol–water partition coefficient (Wildman–Crippen LogP) is 1.25. The molecule has 0 fully saturated rings. The van der Waals surface area contributed by atoms with Gasteiger partial charge in [-0.05, 0) is 13.3 Å². The maximum Gasteiger partial charge on any atom is 0.259 e. The Morgan fingerprint density at radius 2 is 2.33 bits per heavy atom. The number of unbranched alkanes of at least 4 members (excludes halogenated alkanes) is 1. The number of hydrogen-bond donors (Lipinski definition) is 2. The third kappa shape index (κ3) is 2.71. The van der Waals surface area contributed by atoms with Crippen LogP contribution in [0.5, 0.6) is 0 Å². The summed E-state index contributed by atoms with van der Waals surface area (Å²) < 4.78 is 0. The van der Waals surface area contributed by atoms with Crippen molar-refractivity contribution in [2.24, 2.45) is 0 Å². The van der Waals surface area contributed by atoms with E-state index in [4.69, 9.17) is 5.73 Å². The Hall–Kier alpha value is -1.52. The van der Waals surface area contributed by atoms with Gasteiger partial charge in [0.25, 0.3) is 5.91 Å². The molecule has 1 aromatic rings. The number of nitrogens with zero attached hydrogens (tertiary/aromatic N) is 2. The number of aromatic nitrogens is 2. The van der Waals surface area contributed by atoms with E-state index in [1.807, 2.05) is 6.92 Å². The van der Waals surface area contributed by atoms with E-state index in [1.165, 1.54) is 6.20 Å². The van der Waals surface area contributed by atoms with Crippen molar-refractivity contribution in [3.8, 4) is 0 Å². The van der Waals surface area contributed by atoms with Gasteiger partial charge >= 0.3 is 0 Å². The van der Waals surface area contributed by atoms with Gasteiger partial charge in [0.1, 0.15) is 11.4 Å². The van der Waals surface area contributed by atoms with Crippen LogP contribution >= 0.6 is 0 Å². The molecule has 84 valence electrons. The Bertz CT molecular complexity index is 321. The second-order valence-corrected chi connectivity index (χ2v) is 3.44. The standard InChI is InChI=1S/C10H18N4O/c1-3-5-6-14(4-2)10(15)8-7-12-13-9(8)11/h7H,3-6H2,1-2H3,(H3,11,12,13). The van der Waals surface area contributed by atoms with Crippen LogP contribution in [0.4, 0.5) is 5.82 Å². The minimum absolute atomic E-state index is 0.0443. The summed E-state index contributed by atoms with van der Waals surface area (Å²) in [6.45, 7) is 5.54. The largest absolute Gasteiger partial charge is 0.383 e. The third-order valence-corrected chi connectivity index (χ3v) is 2.35. The van der Waals surface area contributed by atoms with Crippen LogP contribution in [-0.4, -0.2) is 34.1 Å². The van der Waals surface area contributed by atoms with E-state index < -0.39 is 0 Å². The van der Waals surface area contributed by atoms with Crippen LogP contribution in [0, 0.1) is 0 Å². The lowest BCUT2D eigenvalue weighted by Crippen LogP contribution is -2.31. The quantitative estimate of drug-likeness (QED) is 0.768. The van der Waals surface area contributed by atoms with Crippen LogP contribution in [0.2, 0.25) is 0 Å². The van der Waals surface area contributed by atoms with Crippen molar-refractivity contribution in [1.29, 1.82) is 0 Å². The zero-order chi connectivity index (χ0) is 11.3. The van der Waals surface area contributed by atoms with Gasteiger partial charge in [0.15, 0.2) is 0 Å². The van der Waals surface area contributed by atoms with E-state index in [1.54, 1.807) is 4.90 Å². The normalized spacial score (nSPS) is 10.3. The molecule has 1 heterocycles. The van der Waals surface area contributed by atoms with Crippen LogP contribution in [0.1, 0.15) is 37.0 Å². The molecule has 0 aliphatic rings. The molecule has 0 bridgehead atoms. The number of hydrogen-bond acceptors (Lipinski definition) is 3. The molecule has 0 aromatic carbocycles. The number of carbonyl (C=O) groups excluding carboxylic acids is 1. The number of aromatic amines is 1. The summed E-state index contributed by atoms with van der Waals surface area (Å²) in [6, 6.07) is 0. The fourth-order valence-corrected chi connectivity index (χ4v) is 1.39. The number of nitrogens with two attached hydrogens (primary N) is 1. The Morgan fingerprint density at radius 1 is 1.60 bits per heavy atom. The van der Waals surface area contributed by atoms with Crippen LogP contribution in [-0.2, 0) is 0 Å². The SMILES string of the molecule is CCCCN(CC)C(=O)c1cn[nH]c1N. The molecule has 15 heavy (non-hydrogen) atoms. The summed E-state index contributed by atoms with van der Waals surface area (Å²) in [4.78, 5) is 13.7. The highest BCUT2D eigenvalue weighted by Gasteiger charge is 2.17. The van der Waals surface area contributed by atoms with Crippen molar-refractivity contribution >= 4 is 11.7 Å². The van der Waals surface area contributed by atoms with Crippen LogP contribution < -0.4 is 5.73 Å². The smallest absolute Gasteiger partial charge is 0.259 e. The third-order valence-electron chi connectivity index (χ3n) is 2.35. The lowest BCUT2D eigenvalue weighted by molar-refractivity contribution is 0.0763. The Labute approximate surface area is 89.6 Å². The summed E-state index contributed by atoms with van der Waals surface area (Å²) in [5, 5.41) is 6.31. The maximum absolute atomic E-state index is 11.9. The highest BCUT2D eigenvalue weighted by atomic mass is 16.2. The van der Waals surface area contributed by atoms with E-state index in [2.05, 4.69) is 17.1 Å². The van der Waals surface area contributed by atoms with Crippen molar-refractivity contribution in [3.63, 3.8) is 0 Å². The molecule has 0 spiro atoms. The van der Waals surface area contributed by atoms with Gasteiger partial charge in [0, 0.05) is 13.1 Å². The van der Waals surface area contributed by atoms with E-state index in [0.29, 0.717) is 17.9 Å². The Balaban J connectivity index is 2.69. The van der Waals surface area contributed by atoms with Crippen molar-refractivity contribution in [2.75, 3.05) is 18.8 Å². The summed E-state index contributed by atoms with van der Waals surface area (Å²) in [5.41, 5.74) is 6.06. The highest BCUT2D eigenvalue weighted by molar-refractivity contribution is 5.98. The monoisotopic (exact) mass is 210 g/mol. The maximum atomic E-state index is 11.9. The average molecular weight is 210 g/mol. The van der Waals surface area contributed by atoms with Gasteiger partial charge in [0.05, 0.1) is 6.20 Å². The van der Waals surface area contributed by atoms with Crippen molar-refractivity contribution in [3.05, 3.63) is 11.8 Å². The minimum atomic E-state index is -0.0443. The lowest BCUT2D eigenvalue weighted by atomic mass is 10.2. The van der Waals surface area contributed by atoms with Gasteiger partial charge < -0.3 is 10.6 Å². The molecule has 0 unspecified atom stereocenters. The number of nitrogens with one attached hydrogen (secondary N) is 1. The predicted molar refractivity (Wildman–Crippen MR) is 59.5 cm³/mol. The summed E-state index contributed by atoms with van der Waals surface area (Å²) in [6.07, 6.45) is 3.56.